The first-order chi connectivity index (χ1) is 13.9. The van der Waals surface area contributed by atoms with Crippen molar-refractivity contribution in [2.45, 2.75) is 39.2 Å². The molecule has 0 spiro atoms. The molecule has 0 unspecified atom stereocenters. The average Bonchev–Trinajstić information content (AvgIpc) is 3.00. The number of carboxylic acid groups (broad SMARTS) is 1. The van der Waals surface area contributed by atoms with Gasteiger partial charge in [-0.15, -0.1) is 0 Å². The van der Waals surface area contributed by atoms with Gasteiger partial charge in [0.15, 0.2) is 5.82 Å². The highest BCUT2D eigenvalue weighted by atomic mass is 35.5. The van der Waals surface area contributed by atoms with Gasteiger partial charge in [-0.3, -0.25) is 9.48 Å². The molecule has 9 heteroatoms. The molecule has 0 aliphatic heterocycles. The number of aryl methyl sites for hydroxylation is 3. The normalized spacial score (nSPS) is 11.0. The molecule has 154 valence electrons. The van der Waals surface area contributed by atoms with Crippen LogP contribution >= 0.6 is 11.6 Å². The number of anilines is 1. The standard InChI is InChI=1S/C20H24ClN5O3/c1-4-5-14-18-19(26(2)25-14)20(24-16(23-18)8-9-17(27)28)22-11-12-6-7-15(29-3)13(21)10-12/h6-7,10H,4-5,8-9,11H2,1-3H3,(H,27,28)(H,22,23,24). The first-order valence-corrected chi connectivity index (χ1v) is 9.81. The summed E-state index contributed by atoms with van der Waals surface area (Å²) < 4.78 is 6.96. The van der Waals surface area contributed by atoms with Crippen LogP contribution in [0.2, 0.25) is 5.02 Å². The fourth-order valence-electron chi connectivity index (χ4n) is 3.15. The van der Waals surface area contributed by atoms with Crippen molar-refractivity contribution in [1.29, 1.82) is 0 Å². The summed E-state index contributed by atoms with van der Waals surface area (Å²) in [6.07, 6.45) is 1.96. The third kappa shape index (κ3) is 4.76. The van der Waals surface area contributed by atoms with Gasteiger partial charge in [-0.05, 0) is 24.1 Å². The van der Waals surface area contributed by atoms with Gasteiger partial charge in [0.25, 0.3) is 0 Å². The van der Waals surface area contributed by atoms with Crippen LogP contribution in [0.4, 0.5) is 5.82 Å². The molecule has 0 amide bonds. The molecular formula is C20H24ClN5O3. The minimum Gasteiger partial charge on any atom is -0.495 e. The number of nitrogens with zero attached hydrogens (tertiary/aromatic N) is 4. The predicted octanol–water partition coefficient (Wildman–Crippen LogP) is 3.61. The number of rotatable bonds is 9. The number of aromatic nitrogens is 4. The van der Waals surface area contributed by atoms with Crippen molar-refractivity contribution >= 4 is 34.4 Å². The van der Waals surface area contributed by atoms with Gasteiger partial charge in [0.05, 0.1) is 24.2 Å². The molecule has 0 atom stereocenters. The van der Waals surface area contributed by atoms with Crippen LogP contribution in [0.25, 0.3) is 11.0 Å². The Kier molecular flexibility index (Phi) is 6.53. The molecule has 2 heterocycles. The van der Waals surface area contributed by atoms with E-state index in [1.54, 1.807) is 11.8 Å². The molecule has 2 aromatic heterocycles. The quantitative estimate of drug-likeness (QED) is 0.548. The Morgan fingerprint density at radius 3 is 2.76 bits per heavy atom. The lowest BCUT2D eigenvalue weighted by Gasteiger charge is -2.11. The minimum atomic E-state index is -0.879. The van der Waals surface area contributed by atoms with Crippen molar-refractivity contribution in [3.63, 3.8) is 0 Å². The van der Waals surface area contributed by atoms with Gasteiger partial charge in [-0.1, -0.05) is 31.0 Å². The Morgan fingerprint density at radius 2 is 2.10 bits per heavy atom. The van der Waals surface area contributed by atoms with Crippen molar-refractivity contribution in [2.24, 2.45) is 7.05 Å². The molecule has 3 rings (SSSR count). The van der Waals surface area contributed by atoms with Gasteiger partial charge >= 0.3 is 5.97 Å². The Bertz CT molecular complexity index is 1030. The number of fused-ring (bicyclic) bond motifs is 1. The summed E-state index contributed by atoms with van der Waals surface area (Å²) in [5, 5.41) is 17.5. The van der Waals surface area contributed by atoms with E-state index in [2.05, 4.69) is 27.3 Å². The van der Waals surface area contributed by atoms with E-state index in [9.17, 15) is 4.79 Å². The number of ether oxygens (including phenoxy) is 1. The van der Waals surface area contributed by atoms with Crippen LogP contribution in [0.3, 0.4) is 0 Å². The van der Waals surface area contributed by atoms with Crippen LogP contribution in [0.5, 0.6) is 5.75 Å². The third-order valence-corrected chi connectivity index (χ3v) is 4.82. The maximum absolute atomic E-state index is 11.0. The number of methoxy groups -OCH3 is 1. The van der Waals surface area contributed by atoms with E-state index in [1.165, 1.54) is 0 Å². The fourth-order valence-corrected chi connectivity index (χ4v) is 3.43. The molecule has 0 aliphatic carbocycles. The maximum Gasteiger partial charge on any atom is 0.303 e. The molecule has 0 saturated heterocycles. The Labute approximate surface area is 173 Å². The molecule has 0 fully saturated rings. The molecule has 3 aromatic rings. The van der Waals surface area contributed by atoms with Crippen molar-refractivity contribution in [2.75, 3.05) is 12.4 Å². The summed E-state index contributed by atoms with van der Waals surface area (Å²) in [5.41, 5.74) is 3.41. The van der Waals surface area contributed by atoms with Crippen molar-refractivity contribution in [3.8, 4) is 5.75 Å². The number of aliphatic carboxylic acids is 1. The zero-order valence-corrected chi connectivity index (χ0v) is 17.5. The number of nitrogens with one attached hydrogen (secondary N) is 1. The van der Waals surface area contributed by atoms with Gasteiger partial charge in [-0.2, -0.15) is 5.10 Å². The maximum atomic E-state index is 11.0. The number of benzene rings is 1. The van der Waals surface area contributed by atoms with Crippen LogP contribution < -0.4 is 10.1 Å². The van der Waals surface area contributed by atoms with E-state index >= 15 is 0 Å². The van der Waals surface area contributed by atoms with E-state index < -0.39 is 5.97 Å². The van der Waals surface area contributed by atoms with Crippen molar-refractivity contribution < 1.29 is 14.6 Å². The highest BCUT2D eigenvalue weighted by Crippen LogP contribution is 2.27. The summed E-state index contributed by atoms with van der Waals surface area (Å²) in [6.45, 7) is 2.57. The lowest BCUT2D eigenvalue weighted by Crippen LogP contribution is -2.08. The smallest absolute Gasteiger partial charge is 0.303 e. The molecule has 0 saturated carbocycles. The van der Waals surface area contributed by atoms with Crippen LogP contribution in [0, 0.1) is 0 Å². The second-order valence-electron chi connectivity index (χ2n) is 6.72. The van der Waals surface area contributed by atoms with Gasteiger partial charge < -0.3 is 15.2 Å². The molecule has 0 radical (unpaired) electrons. The van der Waals surface area contributed by atoms with E-state index in [-0.39, 0.29) is 12.8 Å². The molecule has 1 aromatic carbocycles. The number of halogens is 1. The predicted molar refractivity (Wildman–Crippen MR) is 112 cm³/mol. The van der Waals surface area contributed by atoms with Crippen molar-refractivity contribution in [3.05, 3.63) is 40.3 Å². The SMILES string of the molecule is CCCc1nn(C)c2c(NCc3ccc(OC)c(Cl)c3)nc(CCC(=O)O)nc12. The van der Waals surface area contributed by atoms with Gasteiger partial charge in [0.2, 0.25) is 0 Å². The van der Waals surface area contributed by atoms with E-state index in [0.717, 1.165) is 35.1 Å². The second kappa shape index (κ2) is 9.09. The highest BCUT2D eigenvalue weighted by Gasteiger charge is 2.17. The van der Waals surface area contributed by atoms with Gasteiger partial charge in [-0.25, -0.2) is 9.97 Å². The zero-order valence-electron chi connectivity index (χ0n) is 16.7. The van der Waals surface area contributed by atoms with E-state index in [0.29, 0.717) is 29.0 Å². The highest BCUT2D eigenvalue weighted by molar-refractivity contribution is 6.32. The Hall–Kier alpha value is -2.87. The first-order valence-electron chi connectivity index (χ1n) is 9.43. The fraction of sp³-hybridized carbons (Fsp3) is 0.400. The molecule has 8 nitrogen and oxygen atoms in total. The van der Waals surface area contributed by atoms with E-state index in [4.69, 9.17) is 21.4 Å². The average molecular weight is 418 g/mol. The number of hydrogen-bond donors (Lipinski definition) is 2. The van der Waals surface area contributed by atoms with Crippen LogP contribution in [0.1, 0.15) is 36.8 Å². The second-order valence-corrected chi connectivity index (χ2v) is 7.13. The van der Waals surface area contributed by atoms with Gasteiger partial charge in [0, 0.05) is 20.0 Å². The lowest BCUT2D eigenvalue weighted by atomic mass is 10.2. The third-order valence-electron chi connectivity index (χ3n) is 4.52. The van der Waals surface area contributed by atoms with Crippen LogP contribution in [-0.4, -0.2) is 37.9 Å². The molecule has 29 heavy (non-hydrogen) atoms. The molecule has 0 bridgehead atoms. The summed E-state index contributed by atoms with van der Waals surface area (Å²) in [6, 6.07) is 5.58. The Balaban J connectivity index is 1.95. The number of hydrogen-bond acceptors (Lipinski definition) is 6. The van der Waals surface area contributed by atoms with Crippen LogP contribution in [0.15, 0.2) is 18.2 Å². The topological polar surface area (TPSA) is 102 Å². The van der Waals surface area contributed by atoms with Crippen LogP contribution in [-0.2, 0) is 31.2 Å². The number of carboxylic acids is 1. The zero-order chi connectivity index (χ0) is 21.0. The molecule has 2 N–H and O–H groups in total. The van der Waals surface area contributed by atoms with E-state index in [1.807, 2.05) is 25.2 Å². The number of carbonyl (C=O) groups is 1. The molecular weight excluding hydrogens is 394 g/mol. The Morgan fingerprint density at radius 1 is 1.31 bits per heavy atom. The summed E-state index contributed by atoms with van der Waals surface area (Å²) in [5.74, 6) is 0.850. The largest absolute Gasteiger partial charge is 0.495 e. The lowest BCUT2D eigenvalue weighted by molar-refractivity contribution is -0.137. The summed E-state index contributed by atoms with van der Waals surface area (Å²) in [7, 11) is 3.43. The monoisotopic (exact) mass is 417 g/mol. The summed E-state index contributed by atoms with van der Waals surface area (Å²) >= 11 is 6.22. The van der Waals surface area contributed by atoms with Crippen molar-refractivity contribution in [1.82, 2.24) is 19.7 Å². The first kappa shape index (κ1) is 20.9. The summed E-state index contributed by atoms with van der Waals surface area (Å²) in [4.78, 5) is 20.2. The van der Waals surface area contributed by atoms with Gasteiger partial charge in [0.1, 0.15) is 22.6 Å². The minimum absolute atomic E-state index is 0.0254. The molecule has 0 aliphatic rings.